The van der Waals surface area contributed by atoms with Gasteiger partial charge in [-0.15, -0.1) is 11.3 Å². The molecule has 0 unspecified atom stereocenters. The van der Waals surface area contributed by atoms with Gasteiger partial charge >= 0.3 is 5.97 Å². The molecule has 0 fully saturated rings. The zero-order valence-electron chi connectivity index (χ0n) is 15.3. The lowest BCUT2D eigenvalue weighted by molar-refractivity contribution is -0.154. The number of halogens is 1. The summed E-state index contributed by atoms with van der Waals surface area (Å²) in [5, 5.41) is 14.6. The van der Waals surface area contributed by atoms with Crippen LogP contribution in [0, 0.1) is 11.3 Å². The lowest BCUT2D eigenvalue weighted by Gasteiger charge is -2.19. The van der Waals surface area contributed by atoms with Gasteiger partial charge in [0.15, 0.2) is 0 Å². The fraction of sp³-hybridized carbons (Fsp3) is 0.368. The van der Waals surface area contributed by atoms with Crippen molar-refractivity contribution in [3.05, 3.63) is 39.9 Å². The van der Waals surface area contributed by atoms with Gasteiger partial charge in [-0.1, -0.05) is 17.7 Å². The summed E-state index contributed by atoms with van der Waals surface area (Å²) in [5.41, 5.74) is 1.62. The van der Waals surface area contributed by atoms with Crippen molar-refractivity contribution in [1.82, 2.24) is 10.3 Å². The number of nitrogens with zero attached hydrogens (tertiary/aromatic N) is 2. The Morgan fingerprint density at radius 3 is 2.78 bits per heavy atom. The molecule has 2 rings (SSSR count). The number of hydrogen-bond donors (Lipinski definition) is 1. The first-order chi connectivity index (χ1) is 12.7. The third-order valence-corrected chi connectivity index (χ3v) is 4.47. The van der Waals surface area contributed by atoms with Gasteiger partial charge in [-0.3, -0.25) is 9.59 Å². The van der Waals surface area contributed by atoms with Crippen LogP contribution < -0.4 is 5.32 Å². The van der Waals surface area contributed by atoms with E-state index in [0.717, 1.165) is 11.1 Å². The highest BCUT2D eigenvalue weighted by Gasteiger charge is 2.17. The van der Waals surface area contributed by atoms with Crippen LogP contribution in [-0.2, 0) is 27.2 Å². The number of nitrogens with one attached hydrogen (secondary N) is 1. The molecule has 8 heteroatoms. The predicted molar refractivity (Wildman–Crippen MR) is 104 cm³/mol. The standard InChI is InChI=1S/C19H20ClN3O3S/c1-19(2,3)26-17(25)10-22-16(24)9-14-11-27-18(23-14)15-5-4-13(20)8-12(15)6-7-21/h4-5,8,11H,6,9-10H2,1-3H3,(H,22,24). The molecule has 0 radical (unpaired) electrons. The monoisotopic (exact) mass is 405 g/mol. The van der Waals surface area contributed by atoms with Crippen molar-refractivity contribution in [3.63, 3.8) is 0 Å². The molecule has 6 nitrogen and oxygen atoms in total. The number of rotatable bonds is 6. The smallest absolute Gasteiger partial charge is 0.325 e. The molecule has 27 heavy (non-hydrogen) atoms. The van der Waals surface area contributed by atoms with Crippen molar-refractivity contribution < 1.29 is 14.3 Å². The third-order valence-electron chi connectivity index (χ3n) is 3.31. The molecule has 0 spiro atoms. The number of carbonyl (C=O) groups is 2. The number of benzene rings is 1. The van der Waals surface area contributed by atoms with Crippen molar-refractivity contribution in [2.24, 2.45) is 0 Å². The fourth-order valence-corrected chi connectivity index (χ4v) is 3.36. The van der Waals surface area contributed by atoms with E-state index in [2.05, 4.69) is 16.4 Å². The number of esters is 1. The number of aromatic nitrogens is 1. The molecule has 142 valence electrons. The Hall–Kier alpha value is -2.43. The Labute approximate surface area is 167 Å². The van der Waals surface area contributed by atoms with Gasteiger partial charge in [0, 0.05) is 16.0 Å². The van der Waals surface area contributed by atoms with Crippen molar-refractivity contribution in [3.8, 4) is 16.6 Å². The molecule has 1 aromatic carbocycles. The highest BCUT2D eigenvalue weighted by Crippen LogP contribution is 2.29. The summed E-state index contributed by atoms with van der Waals surface area (Å²) in [6, 6.07) is 7.42. The van der Waals surface area contributed by atoms with Crippen LogP contribution in [-0.4, -0.2) is 29.0 Å². The summed E-state index contributed by atoms with van der Waals surface area (Å²) >= 11 is 7.38. The molecule has 0 bridgehead atoms. The number of thiazole rings is 1. The molecule has 0 saturated carbocycles. The van der Waals surface area contributed by atoms with Crippen LogP contribution in [0.2, 0.25) is 5.02 Å². The Morgan fingerprint density at radius 1 is 1.37 bits per heavy atom. The van der Waals surface area contributed by atoms with E-state index in [1.165, 1.54) is 11.3 Å². The average Bonchev–Trinajstić information content (AvgIpc) is 3.00. The Balaban J connectivity index is 1.99. The zero-order valence-corrected chi connectivity index (χ0v) is 16.9. The number of hydrogen-bond acceptors (Lipinski definition) is 6. The van der Waals surface area contributed by atoms with Crippen LogP contribution in [0.25, 0.3) is 10.6 Å². The van der Waals surface area contributed by atoms with Crippen molar-refractivity contribution in [2.45, 2.75) is 39.2 Å². The summed E-state index contributed by atoms with van der Waals surface area (Å²) in [6.07, 6.45) is 0.279. The first-order valence-electron chi connectivity index (χ1n) is 8.26. The molecule has 0 aliphatic carbocycles. The van der Waals surface area contributed by atoms with E-state index in [1.54, 1.807) is 38.3 Å². The van der Waals surface area contributed by atoms with Gasteiger partial charge in [0.05, 0.1) is 24.6 Å². The van der Waals surface area contributed by atoms with Gasteiger partial charge < -0.3 is 10.1 Å². The number of ether oxygens (including phenoxy) is 1. The molecule has 2 aromatic rings. The second-order valence-electron chi connectivity index (χ2n) is 6.82. The minimum atomic E-state index is -0.592. The van der Waals surface area contributed by atoms with E-state index in [0.29, 0.717) is 15.7 Å². The van der Waals surface area contributed by atoms with Crippen LogP contribution in [0.1, 0.15) is 32.0 Å². The van der Waals surface area contributed by atoms with Gasteiger partial charge in [0.1, 0.15) is 17.2 Å². The fourth-order valence-electron chi connectivity index (χ4n) is 2.29. The molecule has 1 heterocycles. The first kappa shape index (κ1) is 20.9. The Kier molecular flexibility index (Phi) is 6.94. The van der Waals surface area contributed by atoms with E-state index >= 15 is 0 Å². The minimum absolute atomic E-state index is 0.0560. The highest BCUT2D eigenvalue weighted by atomic mass is 35.5. The Morgan fingerprint density at radius 2 is 2.11 bits per heavy atom. The maximum absolute atomic E-state index is 12.0. The highest BCUT2D eigenvalue weighted by molar-refractivity contribution is 7.13. The number of carbonyl (C=O) groups excluding carboxylic acids is 2. The van der Waals surface area contributed by atoms with Crippen molar-refractivity contribution in [2.75, 3.05) is 6.54 Å². The maximum Gasteiger partial charge on any atom is 0.325 e. The molecule has 0 aliphatic rings. The molecular weight excluding hydrogens is 386 g/mol. The van der Waals surface area contributed by atoms with Crippen LogP contribution in [0.4, 0.5) is 0 Å². The molecule has 1 amide bonds. The molecule has 0 atom stereocenters. The second-order valence-corrected chi connectivity index (χ2v) is 8.11. The normalized spacial score (nSPS) is 10.9. The van der Waals surface area contributed by atoms with Gasteiger partial charge in [0.2, 0.25) is 5.91 Å². The third kappa shape index (κ3) is 6.66. The summed E-state index contributed by atoms with van der Waals surface area (Å²) in [5.74, 6) is -0.803. The van der Waals surface area contributed by atoms with Gasteiger partial charge in [0.25, 0.3) is 0 Å². The largest absolute Gasteiger partial charge is 0.459 e. The molecule has 0 aliphatic heterocycles. The van der Waals surface area contributed by atoms with E-state index in [-0.39, 0.29) is 25.3 Å². The van der Waals surface area contributed by atoms with Crippen LogP contribution in [0.3, 0.4) is 0 Å². The lowest BCUT2D eigenvalue weighted by atomic mass is 10.1. The van der Waals surface area contributed by atoms with Crippen LogP contribution in [0.5, 0.6) is 0 Å². The van der Waals surface area contributed by atoms with Crippen LogP contribution >= 0.6 is 22.9 Å². The molecule has 0 saturated heterocycles. The SMILES string of the molecule is CC(C)(C)OC(=O)CNC(=O)Cc1csc(-c2ccc(Cl)cc2CC#N)n1. The summed E-state index contributed by atoms with van der Waals surface area (Å²) < 4.78 is 5.14. The molecule has 1 N–H and O–H groups in total. The Bertz CT molecular complexity index is 881. The summed E-state index contributed by atoms with van der Waals surface area (Å²) in [4.78, 5) is 28.1. The quantitative estimate of drug-likeness (QED) is 0.742. The van der Waals surface area contributed by atoms with Gasteiger partial charge in [-0.05, 0) is 38.5 Å². The second kappa shape index (κ2) is 8.98. The number of nitriles is 1. The molecular formula is C19H20ClN3O3S. The van der Waals surface area contributed by atoms with Crippen molar-refractivity contribution >= 4 is 34.8 Å². The van der Waals surface area contributed by atoms with E-state index in [4.69, 9.17) is 21.6 Å². The first-order valence-corrected chi connectivity index (χ1v) is 9.52. The maximum atomic E-state index is 12.0. The zero-order chi connectivity index (χ0) is 20.0. The summed E-state index contributed by atoms with van der Waals surface area (Å²) in [7, 11) is 0. The van der Waals surface area contributed by atoms with E-state index in [9.17, 15) is 9.59 Å². The summed E-state index contributed by atoms with van der Waals surface area (Å²) in [6.45, 7) is 5.11. The number of amides is 1. The van der Waals surface area contributed by atoms with E-state index < -0.39 is 11.6 Å². The van der Waals surface area contributed by atoms with Gasteiger partial charge in [-0.2, -0.15) is 5.26 Å². The van der Waals surface area contributed by atoms with E-state index in [1.807, 2.05) is 6.07 Å². The average molecular weight is 406 g/mol. The minimum Gasteiger partial charge on any atom is -0.459 e. The van der Waals surface area contributed by atoms with Gasteiger partial charge in [-0.25, -0.2) is 4.98 Å². The van der Waals surface area contributed by atoms with Crippen molar-refractivity contribution in [1.29, 1.82) is 5.26 Å². The topological polar surface area (TPSA) is 92.1 Å². The van der Waals surface area contributed by atoms with Crippen LogP contribution in [0.15, 0.2) is 23.6 Å². The molecule has 1 aromatic heterocycles. The predicted octanol–water partition coefficient (Wildman–Crippen LogP) is 3.53. The lowest BCUT2D eigenvalue weighted by Crippen LogP contribution is -2.35.